The van der Waals surface area contributed by atoms with Crippen molar-refractivity contribution in [3.05, 3.63) is 0 Å². The fraction of sp³-hybridized carbons (Fsp3) is 0.800. The number of rotatable bonds is 6. The number of ether oxygens (including phenoxy) is 1. The maximum absolute atomic E-state index is 12.8. The minimum absolute atomic E-state index is 0.0874. The van der Waals surface area contributed by atoms with Gasteiger partial charge in [0, 0.05) is 6.42 Å². The molecular weight excluding hydrogens is 352 g/mol. The average molecular weight is 377 g/mol. The van der Waals surface area contributed by atoms with Crippen molar-refractivity contribution in [1.29, 1.82) is 0 Å². The number of hydrogen-bond acceptors (Lipinski definition) is 6. The van der Waals surface area contributed by atoms with Crippen molar-refractivity contribution in [3.63, 3.8) is 0 Å². The van der Waals surface area contributed by atoms with E-state index in [-0.39, 0.29) is 17.2 Å². The van der Waals surface area contributed by atoms with E-state index in [0.29, 0.717) is 25.7 Å². The highest BCUT2D eigenvalue weighted by atomic mass is 32.2. The van der Waals surface area contributed by atoms with Gasteiger partial charge in [0.15, 0.2) is 6.23 Å². The van der Waals surface area contributed by atoms with E-state index in [4.69, 9.17) is 9.84 Å². The second-order valence-electron chi connectivity index (χ2n) is 5.99. The molecule has 0 saturated carbocycles. The summed E-state index contributed by atoms with van der Waals surface area (Å²) in [5.41, 5.74) is 0. The molecule has 2 rings (SSSR count). The lowest BCUT2D eigenvalue weighted by molar-refractivity contribution is -0.143. The first-order valence-electron chi connectivity index (χ1n) is 8.25. The highest BCUT2D eigenvalue weighted by Crippen LogP contribution is 2.36. The molecule has 4 atom stereocenters. The fourth-order valence-corrected chi connectivity index (χ4v) is 4.59. The summed E-state index contributed by atoms with van der Waals surface area (Å²) >= 11 is 5.91. The van der Waals surface area contributed by atoms with Crippen molar-refractivity contribution in [2.45, 2.75) is 68.3 Å². The van der Waals surface area contributed by atoms with Gasteiger partial charge in [-0.2, -0.15) is 12.6 Å². The van der Waals surface area contributed by atoms with Crippen molar-refractivity contribution in [2.75, 3.05) is 5.75 Å². The van der Waals surface area contributed by atoms with Gasteiger partial charge in [-0.1, -0.05) is 19.8 Å². The molecule has 0 aliphatic carbocycles. The SMILES string of the molecule is CCCCC(S)C(=O)N[C@H]1CCS[C@H]2CC[C@@H](OC(=O)O)N2C1=O. The van der Waals surface area contributed by atoms with E-state index < -0.39 is 23.7 Å². The number of unbranched alkanes of at least 4 members (excludes halogenated alkanes) is 1. The van der Waals surface area contributed by atoms with Gasteiger partial charge in [-0.25, -0.2) is 4.79 Å². The topological polar surface area (TPSA) is 95.9 Å². The Morgan fingerprint density at radius 1 is 1.46 bits per heavy atom. The van der Waals surface area contributed by atoms with Gasteiger partial charge in [-0.05, 0) is 25.0 Å². The quantitative estimate of drug-likeness (QED) is 0.485. The predicted octanol–water partition coefficient (Wildman–Crippen LogP) is 2.07. The molecule has 0 bridgehead atoms. The number of nitrogens with one attached hydrogen (secondary N) is 1. The van der Waals surface area contributed by atoms with E-state index in [1.807, 2.05) is 6.92 Å². The number of carbonyl (C=O) groups is 3. The molecule has 9 heteroatoms. The third kappa shape index (κ3) is 4.72. The van der Waals surface area contributed by atoms with Gasteiger partial charge in [0.25, 0.3) is 0 Å². The van der Waals surface area contributed by atoms with E-state index >= 15 is 0 Å². The first kappa shape index (κ1) is 19.2. The molecule has 7 nitrogen and oxygen atoms in total. The number of carbonyl (C=O) groups excluding carboxylic acids is 2. The zero-order valence-corrected chi connectivity index (χ0v) is 15.4. The van der Waals surface area contributed by atoms with Crippen molar-refractivity contribution >= 4 is 42.4 Å². The van der Waals surface area contributed by atoms with Gasteiger partial charge in [-0.3, -0.25) is 14.5 Å². The van der Waals surface area contributed by atoms with E-state index in [9.17, 15) is 14.4 Å². The second-order valence-corrected chi connectivity index (χ2v) is 7.90. The summed E-state index contributed by atoms with van der Waals surface area (Å²) in [7, 11) is 0. The normalized spacial score (nSPS) is 28.0. The molecule has 2 heterocycles. The van der Waals surface area contributed by atoms with Gasteiger partial charge < -0.3 is 15.2 Å². The monoisotopic (exact) mass is 376 g/mol. The van der Waals surface area contributed by atoms with Crippen LogP contribution >= 0.6 is 24.4 Å². The van der Waals surface area contributed by atoms with Crippen molar-refractivity contribution in [1.82, 2.24) is 10.2 Å². The Bertz CT molecular complexity index is 490. The Morgan fingerprint density at radius 2 is 2.21 bits per heavy atom. The predicted molar refractivity (Wildman–Crippen MR) is 94.1 cm³/mol. The Morgan fingerprint density at radius 3 is 2.88 bits per heavy atom. The highest BCUT2D eigenvalue weighted by molar-refractivity contribution is 7.99. The van der Waals surface area contributed by atoms with Crippen LogP contribution in [0.3, 0.4) is 0 Å². The number of carboxylic acid groups (broad SMARTS) is 1. The highest BCUT2D eigenvalue weighted by Gasteiger charge is 2.44. The van der Waals surface area contributed by atoms with Crippen LogP contribution in [0.2, 0.25) is 0 Å². The zero-order valence-electron chi connectivity index (χ0n) is 13.6. The van der Waals surface area contributed by atoms with Crippen LogP contribution < -0.4 is 5.32 Å². The van der Waals surface area contributed by atoms with Gasteiger partial charge in [0.1, 0.15) is 6.04 Å². The lowest BCUT2D eigenvalue weighted by Crippen LogP contribution is -2.52. The van der Waals surface area contributed by atoms with Crippen molar-refractivity contribution < 1.29 is 24.2 Å². The fourth-order valence-electron chi connectivity index (χ4n) is 2.98. The Labute approximate surface area is 151 Å². The smallest absolute Gasteiger partial charge is 0.450 e. The van der Waals surface area contributed by atoms with E-state index in [1.165, 1.54) is 4.90 Å². The summed E-state index contributed by atoms with van der Waals surface area (Å²) < 4.78 is 4.84. The number of thiol groups is 1. The molecule has 2 fully saturated rings. The minimum Gasteiger partial charge on any atom is -0.450 e. The number of hydrogen-bond donors (Lipinski definition) is 3. The lowest BCUT2D eigenvalue weighted by atomic mass is 10.1. The molecule has 2 N–H and O–H groups in total. The molecule has 136 valence electrons. The second kappa shape index (κ2) is 8.84. The summed E-state index contributed by atoms with van der Waals surface area (Å²) in [5, 5.41) is 11.1. The summed E-state index contributed by atoms with van der Waals surface area (Å²) in [5.74, 6) is 0.214. The van der Waals surface area contributed by atoms with Crippen LogP contribution in [0.15, 0.2) is 0 Å². The molecule has 2 amide bonds. The molecule has 2 aliphatic rings. The molecule has 0 aromatic heterocycles. The summed E-state index contributed by atoms with van der Waals surface area (Å²) in [6.07, 6.45) is 2.10. The van der Waals surface area contributed by atoms with Crippen LogP contribution in [0.5, 0.6) is 0 Å². The molecule has 0 aromatic carbocycles. The Balaban J connectivity index is 2.02. The molecule has 0 aromatic rings. The average Bonchev–Trinajstić information content (AvgIpc) is 2.85. The number of amides is 2. The van der Waals surface area contributed by atoms with Crippen molar-refractivity contribution in [3.8, 4) is 0 Å². The zero-order chi connectivity index (χ0) is 17.7. The molecule has 0 spiro atoms. The van der Waals surface area contributed by atoms with Gasteiger partial charge in [0.05, 0.1) is 10.6 Å². The van der Waals surface area contributed by atoms with Crippen LogP contribution in [-0.4, -0.2) is 56.6 Å². The minimum atomic E-state index is -1.39. The summed E-state index contributed by atoms with van der Waals surface area (Å²) in [4.78, 5) is 37.3. The molecular formula is C15H24N2O5S2. The van der Waals surface area contributed by atoms with Crippen molar-refractivity contribution in [2.24, 2.45) is 0 Å². The standard InChI is InChI=1S/C15H24N2O5S2/c1-2-3-4-10(23)13(18)16-9-7-8-24-12-6-5-11(22-15(20)21)17(12)14(9)19/h9-12,23H,2-8H2,1H3,(H,16,18)(H,20,21)/t9-,10?,11+,12-/m0/s1. The third-order valence-corrected chi connectivity index (χ3v) is 6.05. The molecule has 2 aliphatic heterocycles. The van der Waals surface area contributed by atoms with Crippen LogP contribution in [0, 0.1) is 0 Å². The van der Waals surface area contributed by atoms with Gasteiger partial charge in [-0.15, -0.1) is 11.8 Å². The van der Waals surface area contributed by atoms with Crippen LogP contribution in [0.1, 0.15) is 45.4 Å². The molecule has 1 unspecified atom stereocenters. The van der Waals surface area contributed by atoms with Crippen LogP contribution in [0.25, 0.3) is 0 Å². The van der Waals surface area contributed by atoms with E-state index in [1.54, 1.807) is 11.8 Å². The maximum Gasteiger partial charge on any atom is 0.507 e. The first-order chi connectivity index (χ1) is 11.4. The molecule has 0 radical (unpaired) electrons. The Hall–Kier alpha value is -1.09. The molecule has 24 heavy (non-hydrogen) atoms. The Kier molecular flexibility index (Phi) is 7.09. The van der Waals surface area contributed by atoms with Gasteiger partial charge >= 0.3 is 6.16 Å². The lowest BCUT2D eigenvalue weighted by Gasteiger charge is -2.29. The van der Waals surface area contributed by atoms with Crippen LogP contribution in [-0.2, 0) is 14.3 Å². The van der Waals surface area contributed by atoms with E-state index in [0.717, 1.165) is 18.6 Å². The number of fused-ring (bicyclic) bond motifs is 1. The number of thioether (sulfide) groups is 1. The number of nitrogens with zero attached hydrogens (tertiary/aromatic N) is 1. The van der Waals surface area contributed by atoms with Gasteiger partial charge in [0.2, 0.25) is 11.8 Å². The first-order valence-corrected chi connectivity index (χ1v) is 9.82. The van der Waals surface area contributed by atoms with Crippen LogP contribution in [0.4, 0.5) is 4.79 Å². The maximum atomic E-state index is 12.8. The third-order valence-electron chi connectivity index (χ3n) is 4.24. The summed E-state index contributed by atoms with van der Waals surface area (Å²) in [6.45, 7) is 2.04. The largest absolute Gasteiger partial charge is 0.507 e. The van der Waals surface area contributed by atoms with E-state index in [2.05, 4.69) is 17.9 Å². The molecule has 2 saturated heterocycles. The summed E-state index contributed by atoms with van der Waals surface area (Å²) in [6, 6.07) is -0.649.